The fraction of sp³-hybridized carbons (Fsp3) is 0.517. The van der Waals surface area contributed by atoms with Gasteiger partial charge in [-0.15, -0.1) is 0 Å². The molecule has 1 fully saturated rings. The number of carbonyl (C=O) groups excluding carboxylic acids is 4. The molecule has 5 atom stereocenters. The molecule has 10 heteroatoms. The summed E-state index contributed by atoms with van der Waals surface area (Å²) in [6, 6.07) is 4.68. The van der Waals surface area contributed by atoms with Crippen LogP contribution in [0.25, 0.3) is 5.76 Å². The second-order valence-electron chi connectivity index (χ2n) is 11.0. The van der Waals surface area contributed by atoms with Crippen molar-refractivity contribution in [1.82, 2.24) is 0 Å². The molecule has 1 aromatic carbocycles. The Morgan fingerprint density at radius 2 is 1.85 bits per heavy atom. The van der Waals surface area contributed by atoms with Crippen molar-refractivity contribution in [1.29, 1.82) is 0 Å². The fourth-order valence-corrected chi connectivity index (χ4v) is 6.39. The van der Waals surface area contributed by atoms with Gasteiger partial charge >= 0.3 is 5.97 Å². The number of esters is 1. The summed E-state index contributed by atoms with van der Waals surface area (Å²) in [5.41, 5.74) is 1.73. The Hall–Kier alpha value is -3.66. The minimum absolute atomic E-state index is 0.0130. The molecular formula is C29H35NO9. The van der Waals surface area contributed by atoms with Gasteiger partial charge in [-0.25, -0.2) is 0 Å². The molecule has 0 aliphatic heterocycles. The van der Waals surface area contributed by atoms with E-state index in [1.165, 1.54) is 6.07 Å². The average molecular weight is 542 g/mol. The van der Waals surface area contributed by atoms with E-state index in [-0.39, 0.29) is 23.3 Å². The van der Waals surface area contributed by atoms with Crippen molar-refractivity contribution in [3.05, 3.63) is 46.2 Å². The number of hydrogen-bond donors (Lipinski definition) is 5. The first-order valence-electron chi connectivity index (χ1n) is 13.3. The van der Waals surface area contributed by atoms with E-state index < -0.39 is 76.4 Å². The normalized spacial score (nSPS) is 28.2. The Labute approximate surface area is 226 Å². The first-order chi connectivity index (χ1) is 18.4. The summed E-state index contributed by atoms with van der Waals surface area (Å²) in [4.78, 5) is 51.6. The molecule has 3 aliphatic carbocycles. The third-order valence-corrected chi connectivity index (χ3v) is 8.24. The number of aliphatic hydroxyl groups is 3. The first kappa shape index (κ1) is 28.4. The summed E-state index contributed by atoms with van der Waals surface area (Å²) in [7, 11) is 0. The number of rotatable bonds is 8. The number of unbranched alkanes of at least 4 members (excludes halogenated alkanes) is 1. The smallest absolute Gasteiger partial charge is 0.305 e. The number of aliphatic hydroxyl groups excluding tert-OH is 2. The lowest BCUT2D eigenvalue weighted by atomic mass is 9.55. The highest BCUT2D eigenvalue weighted by Gasteiger charge is 2.66. The van der Waals surface area contributed by atoms with Crippen LogP contribution in [0.15, 0.2) is 35.1 Å². The molecule has 3 aliphatic rings. The summed E-state index contributed by atoms with van der Waals surface area (Å²) in [5.74, 6) is -8.64. The van der Waals surface area contributed by atoms with Crippen molar-refractivity contribution in [2.45, 2.75) is 76.9 Å². The van der Waals surface area contributed by atoms with Gasteiger partial charge in [0.25, 0.3) is 5.91 Å². The second kappa shape index (κ2) is 10.5. The molecule has 39 heavy (non-hydrogen) atoms. The molecule has 210 valence electrons. The molecule has 0 radical (unpaired) electrons. The van der Waals surface area contributed by atoms with E-state index >= 15 is 0 Å². The van der Waals surface area contributed by atoms with E-state index in [1.807, 2.05) is 0 Å². The average Bonchev–Trinajstić information content (AvgIpc) is 2.86. The number of ketones is 2. The molecule has 1 aromatic rings. The van der Waals surface area contributed by atoms with Crippen LogP contribution in [0.4, 0.5) is 0 Å². The minimum atomic E-state index is -2.86. The maximum Gasteiger partial charge on any atom is 0.305 e. The zero-order chi connectivity index (χ0) is 28.8. The lowest BCUT2D eigenvalue weighted by Crippen LogP contribution is -2.64. The first-order valence-corrected chi connectivity index (χ1v) is 13.3. The number of carbonyl (C=O) groups is 4. The standard InChI is InChI=1S/C29H35NO9/c1-4-19(33)39-25-16-12-18(32)22(28(30)37)26(35)29(16,38)27(36)23-21(25)15(9-6-5-8-13(2)3)14-10-7-11-17(31)20(14)24(23)34/h7,10-11,13,15-16,21,25,31,34-35,38H,4-6,8-9,12H2,1-3H3,(H2,30,37)/t15-,16+,21+,25+,29+/m0/s1. The van der Waals surface area contributed by atoms with Gasteiger partial charge in [-0.3, -0.25) is 19.2 Å². The molecule has 0 spiro atoms. The lowest BCUT2D eigenvalue weighted by molar-refractivity contribution is -0.178. The van der Waals surface area contributed by atoms with E-state index in [0.717, 1.165) is 19.3 Å². The van der Waals surface area contributed by atoms with E-state index in [9.17, 15) is 39.6 Å². The monoisotopic (exact) mass is 541 g/mol. The van der Waals surface area contributed by atoms with Crippen LogP contribution in [0, 0.1) is 17.8 Å². The Kier molecular flexibility index (Phi) is 7.62. The number of nitrogens with two attached hydrogens (primary N) is 1. The summed E-state index contributed by atoms with van der Waals surface area (Å²) >= 11 is 0. The van der Waals surface area contributed by atoms with E-state index in [2.05, 4.69) is 13.8 Å². The van der Waals surface area contributed by atoms with Crippen LogP contribution in [0.5, 0.6) is 5.75 Å². The Balaban J connectivity index is 1.96. The number of fused-ring (bicyclic) bond motifs is 3. The quantitative estimate of drug-likeness (QED) is 0.187. The molecule has 0 unspecified atom stereocenters. The van der Waals surface area contributed by atoms with Gasteiger partial charge in [0.05, 0.1) is 5.56 Å². The molecular weight excluding hydrogens is 506 g/mol. The van der Waals surface area contributed by atoms with Crippen LogP contribution in [0.3, 0.4) is 0 Å². The van der Waals surface area contributed by atoms with Crippen LogP contribution in [0.1, 0.15) is 76.3 Å². The summed E-state index contributed by atoms with van der Waals surface area (Å²) in [6.45, 7) is 5.77. The zero-order valence-electron chi connectivity index (χ0n) is 22.3. The van der Waals surface area contributed by atoms with Crippen LogP contribution < -0.4 is 5.73 Å². The van der Waals surface area contributed by atoms with Crippen molar-refractivity contribution in [3.63, 3.8) is 0 Å². The summed E-state index contributed by atoms with van der Waals surface area (Å²) < 4.78 is 5.79. The van der Waals surface area contributed by atoms with E-state index in [4.69, 9.17) is 10.5 Å². The summed E-state index contributed by atoms with van der Waals surface area (Å²) in [5, 5.41) is 44.8. The highest BCUT2D eigenvalue weighted by molar-refractivity contribution is 6.23. The molecule has 1 saturated carbocycles. The molecule has 4 rings (SSSR count). The number of Topliss-reactive ketones (excluding diaryl/α,β-unsaturated/α-hetero) is 2. The van der Waals surface area contributed by atoms with Gasteiger partial charge in [0.15, 0.2) is 11.4 Å². The molecule has 1 amide bonds. The van der Waals surface area contributed by atoms with Gasteiger partial charge in [-0.1, -0.05) is 52.2 Å². The van der Waals surface area contributed by atoms with Crippen molar-refractivity contribution in [2.75, 3.05) is 0 Å². The van der Waals surface area contributed by atoms with Crippen LogP contribution in [-0.2, 0) is 23.9 Å². The molecule has 10 nitrogen and oxygen atoms in total. The van der Waals surface area contributed by atoms with Gasteiger partial charge in [0.2, 0.25) is 5.78 Å². The fourth-order valence-electron chi connectivity index (χ4n) is 6.39. The highest BCUT2D eigenvalue weighted by atomic mass is 16.5. The van der Waals surface area contributed by atoms with E-state index in [0.29, 0.717) is 17.9 Å². The van der Waals surface area contributed by atoms with Crippen molar-refractivity contribution >= 4 is 29.2 Å². The highest BCUT2D eigenvalue weighted by Crippen LogP contribution is 2.57. The van der Waals surface area contributed by atoms with Crippen molar-refractivity contribution < 1.29 is 44.3 Å². The predicted molar refractivity (Wildman–Crippen MR) is 139 cm³/mol. The Morgan fingerprint density at radius 1 is 1.15 bits per heavy atom. The van der Waals surface area contributed by atoms with Gasteiger partial charge in [0, 0.05) is 30.3 Å². The van der Waals surface area contributed by atoms with Crippen molar-refractivity contribution in [3.8, 4) is 5.75 Å². The summed E-state index contributed by atoms with van der Waals surface area (Å²) in [6.07, 6.45) is 1.07. The minimum Gasteiger partial charge on any atom is -0.508 e. The Bertz CT molecular complexity index is 1290. The number of amides is 1. The van der Waals surface area contributed by atoms with E-state index in [1.54, 1.807) is 19.1 Å². The molecule has 0 heterocycles. The van der Waals surface area contributed by atoms with Gasteiger partial charge in [-0.05, 0) is 29.9 Å². The predicted octanol–water partition coefficient (Wildman–Crippen LogP) is 3.11. The number of phenols is 1. The van der Waals surface area contributed by atoms with Crippen LogP contribution in [0.2, 0.25) is 0 Å². The molecule has 0 saturated heterocycles. The number of hydrogen-bond acceptors (Lipinski definition) is 9. The Morgan fingerprint density at radius 3 is 2.46 bits per heavy atom. The molecule has 0 bridgehead atoms. The molecule has 0 aromatic heterocycles. The topological polar surface area (TPSA) is 184 Å². The van der Waals surface area contributed by atoms with Gasteiger partial charge in [-0.2, -0.15) is 0 Å². The lowest BCUT2D eigenvalue weighted by Gasteiger charge is -2.52. The van der Waals surface area contributed by atoms with Gasteiger partial charge < -0.3 is 30.9 Å². The SMILES string of the molecule is CCC(=O)O[C@H]1[C@H]2C(=C(O)c3c(O)cccc3[C@@H]2CCCCC(C)C)C(=O)[C@]2(O)C(O)=C(C(N)=O)C(=O)C[C@H]12. The number of phenolic OH excluding ortho intramolecular Hbond substituents is 1. The maximum atomic E-state index is 14.1. The van der Waals surface area contributed by atoms with Crippen LogP contribution in [-0.4, -0.2) is 55.6 Å². The van der Waals surface area contributed by atoms with Crippen molar-refractivity contribution in [2.24, 2.45) is 23.5 Å². The second-order valence-corrected chi connectivity index (χ2v) is 11.0. The largest absolute Gasteiger partial charge is 0.508 e. The number of ether oxygens (including phenoxy) is 1. The third-order valence-electron chi connectivity index (χ3n) is 8.24. The zero-order valence-corrected chi connectivity index (χ0v) is 22.3. The number of benzene rings is 1. The number of aromatic hydroxyl groups is 1. The maximum absolute atomic E-state index is 14.1. The van der Waals surface area contributed by atoms with Gasteiger partial charge in [0.1, 0.15) is 28.9 Å². The van der Waals surface area contributed by atoms with Crippen LogP contribution >= 0.6 is 0 Å². The third kappa shape index (κ3) is 4.50. The number of primary amides is 1. The molecule has 6 N–H and O–H groups in total.